The van der Waals surface area contributed by atoms with Gasteiger partial charge in [-0.25, -0.2) is 0 Å². The van der Waals surface area contributed by atoms with Crippen LogP contribution in [-0.2, 0) is 6.42 Å². The average molecular weight is 192 g/mol. The summed E-state index contributed by atoms with van der Waals surface area (Å²) >= 11 is 0. The van der Waals surface area contributed by atoms with Crippen molar-refractivity contribution < 1.29 is 9.90 Å². The third-order valence-electron chi connectivity index (χ3n) is 2.21. The zero-order chi connectivity index (χ0) is 10.7. The van der Waals surface area contributed by atoms with E-state index in [2.05, 4.69) is 0 Å². The Kier molecular flexibility index (Phi) is 3.12. The molecule has 1 aromatic carbocycles. The number of hydrogen-bond acceptors (Lipinski definition) is 3. The Morgan fingerprint density at radius 1 is 1.43 bits per heavy atom. The van der Waals surface area contributed by atoms with Crippen LogP contribution < -0.4 is 10.0 Å². The van der Waals surface area contributed by atoms with Gasteiger partial charge in [-0.05, 0) is 24.1 Å². The van der Waals surface area contributed by atoms with Crippen molar-refractivity contribution in [1.29, 1.82) is 0 Å². The molecule has 0 aliphatic rings. The maximum absolute atomic E-state index is 10.7. The smallest absolute Gasteiger partial charge is 0.0718 e. The molecule has 0 aromatic heterocycles. The van der Waals surface area contributed by atoms with Crippen molar-refractivity contribution in [2.75, 3.05) is 19.0 Å². The summed E-state index contributed by atoms with van der Waals surface area (Å²) in [6, 6.07) is 5.26. The topological polar surface area (TPSA) is 43.4 Å². The molecule has 3 heteroatoms. The molecule has 76 valence electrons. The van der Waals surface area contributed by atoms with Crippen LogP contribution in [0.25, 0.3) is 0 Å². The van der Waals surface area contributed by atoms with Gasteiger partial charge in [0.25, 0.3) is 0 Å². The van der Waals surface area contributed by atoms with E-state index in [1.54, 1.807) is 12.1 Å². The molecule has 3 nitrogen and oxygen atoms in total. The Labute approximate surface area is 84.0 Å². The highest BCUT2D eigenvalue weighted by Gasteiger charge is 2.03. The Morgan fingerprint density at radius 3 is 2.50 bits per heavy atom. The average Bonchev–Trinajstić information content (AvgIpc) is 2.16. The molecular formula is C11H14NO2-. The summed E-state index contributed by atoms with van der Waals surface area (Å²) in [4.78, 5) is 12.7. The van der Waals surface area contributed by atoms with E-state index >= 15 is 0 Å². The van der Waals surface area contributed by atoms with Crippen LogP contribution in [0.3, 0.4) is 0 Å². The second-order valence-corrected chi connectivity index (χ2v) is 3.38. The summed E-state index contributed by atoms with van der Waals surface area (Å²) in [5.74, 6) is -1.10. The zero-order valence-corrected chi connectivity index (χ0v) is 8.70. The normalized spacial score (nSPS) is 9.93. The molecule has 0 radical (unpaired) electrons. The fourth-order valence-electron chi connectivity index (χ4n) is 1.35. The second-order valence-electron chi connectivity index (χ2n) is 3.38. The molecule has 0 fully saturated rings. The number of benzene rings is 1. The van der Waals surface area contributed by atoms with Crippen molar-refractivity contribution in [2.24, 2.45) is 0 Å². The largest absolute Gasteiger partial charge is 0.545 e. The molecule has 1 aromatic rings. The minimum atomic E-state index is -1.10. The van der Waals surface area contributed by atoms with Gasteiger partial charge in [0, 0.05) is 25.3 Å². The molecule has 14 heavy (non-hydrogen) atoms. The minimum absolute atomic E-state index is 0.290. The van der Waals surface area contributed by atoms with Gasteiger partial charge in [-0.1, -0.05) is 13.0 Å². The van der Waals surface area contributed by atoms with Gasteiger partial charge >= 0.3 is 0 Å². The molecule has 1 rings (SSSR count). The number of anilines is 1. The molecule has 0 heterocycles. The quantitative estimate of drug-likeness (QED) is 0.707. The van der Waals surface area contributed by atoms with E-state index < -0.39 is 5.97 Å². The summed E-state index contributed by atoms with van der Waals surface area (Å²) in [7, 11) is 3.85. The third kappa shape index (κ3) is 2.05. The molecule has 0 aliphatic carbocycles. The first-order valence-corrected chi connectivity index (χ1v) is 4.57. The van der Waals surface area contributed by atoms with Crippen molar-refractivity contribution in [3.05, 3.63) is 29.3 Å². The minimum Gasteiger partial charge on any atom is -0.545 e. The van der Waals surface area contributed by atoms with E-state index in [0.29, 0.717) is 6.42 Å². The van der Waals surface area contributed by atoms with Gasteiger partial charge in [0.15, 0.2) is 0 Å². The van der Waals surface area contributed by atoms with Gasteiger partial charge in [0.05, 0.1) is 5.97 Å². The van der Waals surface area contributed by atoms with Gasteiger partial charge in [-0.15, -0.1) is 0 Å². The van der Waals surface area contributed by atoms with Crippen molar-refractivity contribution in [1.82, 2.24) is 0 Å². The summed E-state index contributed by atoms with van der Waals surface area (Å²) < 4.78 is 0. The molecule has 0 saturated carbocycles. The van der Waals surface area contributed by atoms with E-state index in [1.807, 2.05) is 32.0 Å². The van der Waals surface area contributed by atoms with E-state index in [-0.39, 0.29) is 5.56 Å². The van der Waals surface area contributed by atoms with E-state index in [4.69, 9.17) is 0 Å². The molecule has 0 N–H and O–H groups in total. The van der Waals surface area contributed by atoms with Crippen molar-refractivity contribution in [3.8, 4) is 0 Å². The Balaban J connectivity index is 3.18. The number of rotatable bonds is 3. The molecule has 0 amide bonds. The Morgan fingerprint density at radius 2 is 2.07 bits per heavy atom. The van der Waals surface area contributed by atoms with Crippen molar-refractivity contribution >= 4 is 11.7 Å². The molecule has 0 saturated heterocycles. The Bertz CT molecular complexity index is 345. The van der Waals surface area contributed by atoms with Gasteiger partial charge in [0.1, 0.15) is 0 Å². The number of nitrogens with zero attached hydrogens (tertiary/aromatic N) is 1. The summed E-state index contributed by atoms with van der Waals surface area (Å²) in [6.07, 6.45) is 0.699. The third-order valence-corrected chi connectivity index (χ3v) is 2.21. The lowest BCUT2D eigenvalue weighted by Gasteiger charge is -2.16. The van der Waals surface area contributed by atoms with Crippen molar-refractivity contribution in [3.63, 3.8) is 0 Å². The number of carboxylic acid groups (broad SMARTS) is 1. The predicted molar refractivity (Wildman–Crippen MR) is 54.5 cm³/mol. The van der Waals surface area contributed by atoms with E-state index in [1.165, 1.54) is 0 Å². The molecule has 0 bridgehead atoms. The molecule has 0 unspecified atom stereocenters. The maximum atomic E-state index is 10.7. The number of carbonyl (C=O) groups is 1. The highest BCUT2D eigenvalue weighted by atomic mass is 16.4. The van der Waals surface area contributed by atoms with Gasteiger partial charge in [0.2, 0.25) is 0 Å². The van der Waals surface area contributed by atoms with Crippen LogP contribution in [0.2, 0.25) is 0 Å². The molecule has 0 atom stereocenters. The lowest BCUT2D eigenvalue weighted by molar-refractivity contribution is -0.255. The van der Waals surface area contributed by atoms with Gasteiger partial charge in [-0.3, -0.25) is 0 Å². The van der Waals surface area contributed by atoms with Crippen LogP contribution >= 0.6 is 0 Å². The molecular weight excluding hydrogens is 178 g/mol. The lowest BCUT2D eigenvalue weighted by Crippen LogP contribution is -2.24. The van der Waals surface area contributed by atoms with Crippen LogP contribution in [-0.4, -0.2) is 20.1 Å². The van der Waals surface area contributed by atoms with Crippen LogP contribution in [0.5, 0.6) is 0 Å². The number of aromatic carboxylic acids is 1. The number of hydrogen-bond donors (Lipinski definition) is 0. The molecule has 0 spiro atoms. The second kappa shape index (κ2) is 4.13. The number of carboxylic acids is 1. The summed E-state index contributed by atoms with van der Waals surface area (Å²) in [6.45, 7) is 1.93. The first kappa shape index (κ1) is 10.6. The summed E-state index contributed by atoms with van der Waals surface area (Å²) in [5, 5.41) is 10.7. The van der Waals surface area contributed by atoms with Crippen LogP contribution in [0.4, 0.5) is 5.69 Å². The monoisotopic (exact) mass is 192 g/mol. The number of carbonyl (C=O) groups excluding carboxylic acids is 1. The first-order chi connectivity index (χ1) is 6.56. The fourth-order valence-corrected chi connectivity index (χ4v) is 1.35. The van der Waals surface area contributed by atoms with Crippen LogP contribution in [0, 0.1) is 0 Å². The van der Waals surface area contributed by atoms with Gasteiger partial charge in [-0.2, -0.15) is 0 Å². The fraction of sp³-hybridized carbons (Fsp3) is 0.364. The lowest BCUT2D eigenvalue weighted by atomic mass is 10.0. The van der Waals surface area contributed by atoms with E-state index in [9.17, 15) is 9.90 Å². The highest BCUT2D eigenvalue weighted by Crippen LogP contribution is 2.18. The summed E-state index contributed by atoms with van der Waals surface area (Å²) in [5.41, 5.74) is 2.11. The van der Waals surface area contributed by atoms with Crippen LogP contribution in [0.15, 0.2) is 18.2 Å². The van der Waals surface area contributed by atoms with Gasteiger partial charge < -0.3 is 14.8 Å². The molecule has 0 aliphatic heterocycles. The highest BCUT2D eigenvalue weighted by molar-refractivity contribution is 5.88. The maximum Gasteiger partial charge on any atom is 0.0718 e. The Hall–Kier alpha value is -1.51. The van der Waals surface area contributed by atoms with E-state index in [0.717, 1.165) is 11.3 Å². The first-order valence-electron chi connectivity index (χ1n) is 4.57. The van der Waals surface area contributed by atoms with Crippen LogP contribution in [0.1, 0.15) is 22.8 Å². The zero-order valence-electron chi connectivity index (χ0n) is 8.70. The number of aryl methyl sites for hydroxylation is 1. The predicted octanol–water partition coefficient (Wildman–Crippen LogP) is 0.679. The van der Waals surface area contributed by atoms with Crippen molar-refractivity contribution in [2.45, 2.75) is 13.3 Å². The SMILES string of the molecule is CCc1cc(N(C)C)ccc1C(=O)[O-]. The standard InChI is InChI=1S/C11H15NO2/c1-4-8-7-9(12(2)3)5-6-10(8)11(13)14/h5-7H,4H2,1-3H3,(H,13,14)/p-1.